The summed E-state index contributed by atoms with van der Waals surface area (Å²) >= 11 is 15.4. The molecule has 28 heavy (non-hydrogen) atoms. The highest BCUT2D eigenvalue weighted by molar-refractivity contribution is 9.11. The Bertz CT molecular complexity index is 947. The molecule has 0 fully saturated rings. The SMILES string of the molecule is CC(C)n1nc(Br)nc1Br.CC(C)n1nc(Br)nc1Oc1cccc(F)c1Cl. The molecule has 0 aliphatic carbocycles. The number of benzene rings is 1. The molecule has 0 N–H and O–H groups in total. The van der Waals surface area contributed by atoms with Crippen LogP contribution in [-0.2, 0) is 0 Å². The summed E-state index contributed by atoms with van der Waals surface area (Å²) in [6.07, 6.45) is 0. The van der Waals surface area contributed by atoms with Crippen molar-refractivity contribution in [2.45, 2.75) is 39.8 Å². The van der Waals surface area contributed by atoms with Gasteiger partial charge in [-0.15, -0.1) is 10.2 Å². The lowest BCUT2D eigenvalue weighted by molar-refractivity contribution is 0.375. The predicted octanol–water partition coefficient (Wildman–Crippen LogP) is 6.59. The van der Waals surface area contributed by atoms with Crippen molar-refractivity contribution < 1.29 is 9.13 Å². The maximum absolute atomic E-state index is 13.3. The maximum Gasteiger partial charge on any atom is 0.321 e. The number of hydrogen-bond acceptors (Lipinski definition) is 5. The zero-order valence-corrected chi connectivity index (χ0v) is 20.9. The van der Waals surface area contributed by atoms with E-state index in [2.05, 4.69) is 68.0 Å². The van der Waals surface area contributed by atoms with E-state index in [1.807, 2.05) is 27.7 Å². The monoisotopic (exact) mass is 600 g/mol. The summed E-state index contributed by atoms with van der Waals surface area (Å²) in [6, 6.07) is 5.00. The van der Waals surface area contributed by atoms with E-state index in [1.54, 1.807) is 15.4 Å². The topological polar surface area (TPSA) is 70.7 Å². The number of halogens is 5. The Morgan fingerprint density at radius 1 is 0.964 bits per heavy atom. The molecule has 0 saturated carbocycles. The zero-order valence-electron chi connectivity index (χ0n) is 15.4. The highest BCUT2D eigenvalue weighted by atomic mass is 79.9. The van der Waals surface area contributed by atoms with Gasteiger partial charge in [0.25, 0.3) is 0 Å². The Morgan fingerprint density at radius 2 is 1.54 bits per heavy atom. The highest BCUT2D eigenvalue weighted by Crippen LogP contribution is 2.31. The van der Waals surface area contributed by atoms with Gasteiger partial charge in [-0.05, 0) is 87.6 Å². The number of rotatable bonds is 4. The first-order valence-electron chi connectivity index (χ1n) is 8.11. The van der Waals surface area contributed by atoms with Crippen molar-refractivity contribution in [3.05, 3.63) is 43.2 Å². The molecule has 0 aliphatic rings. The summed E-state index contributed by atoms with van der Waals surface area (Å²) < 4.78 is 23.9. The van der Waals surface area contributed by atoms with Crippen molar-refractivity contribution in [1.82, 2.24) is 29.5 Å². The van der Waals surface area contributed by atoms with Crippen molar-refractivity contribution in [3.63, 3.8) is 0 Å². The molecule has 0 radical (unpaired) electrons. The number of ether oxygens (including phenoxy) is 1. The third kappa shape index (κ3) is 5.98. The third-order valence-corrected chi connectivity index (χ3v) is 4.81. The van der Waals surface area contributed by atoms with Crippen LogP contribution in [0.1, 0.15) is 39.8 Å². The molecular weight excluding hydrogens is 586 g/mol. The minimum atomic E-state index is -0.538. The molecule has 1 aromatic carbocycles. The number of aromatic nitrogens is 6. The Labute approximate surface area is 192 Å². The van der Waals surface area contributed by atoms with Crippen molar-refractivity contribution >= 4 is 59.4 Å². The molecule has 0 unspecified atom stereocenters. The Hall–Kier alpha value is -1.04. The fourth-order valence-electron chi connectivity index (χ4n) is 1.96. The van der Waals surface area contributed by atoms with Gasteiger partial charge in [-0.1, -0.05) is 17.7 Å². The van der Waals surface area contributed by atoms with Crippen LogP contribution in [0.25, 0.3) is 0 Å². The molecule has 2 aromatic heterocycles. The summed E-state index contributed by atoms with van der Waals surface area (Å²) in [5, 5.41) is 8.13. The summed E-state index contributed by atoms with van der Waals surface area (Å²) in [5.41, 5.74) is 0. The number of nitrogens with zero attached hydrogens (tertiary/aromatic N) is 6. The van der Waals surface area contributed by atoms with Crippen molar-refractivity contribution in [2.24, 2.45) is 0 Å². The van der Waals surface area contributed by atoms with E-state index in [4.69, 9.17) is 16.3 Å². The van der Waals surface area contributed by atoms with Crippen molar-refractivity contribution in [3.8, 4) is 11.8 Å². The molecule has 0 amide bonds. The Kier molecular flexibility index (Phi) is 8.41. The average Bonchev–Trinajstić information content (AvgIpc) is 3.14. The van der Waals surface area contributed by atoms with Crippen molar-refractivity contribution in [2.75, 3.05) is 0 Å². The second-order valence-electron chi connectivity index (χ2n) is 6.04. The molecule has 0 saturated heterocycles. The minimum Gasteiger partial charge on any atom is -0.423 e. The Balaban J connectivity index is 0.000000237. The van der Waals surface area contributed by atoms with Gasteiger partial charge in [0, 0.05) is 6.04 Å². The van der Waals surface area contributed by atoms with Crippen LogP contribution in [0.3, 0.4) is 0 Å². The summed E-state index contributed by atoms with van der Waals surface area (Å²) in [6.45, 7) is 7.96. The molecular formula is C16H17Br3ClFN6O. The summed E-state index contributed by atoms with van der Waals surface area (Å²) in [4.78, 5) is 8.08. The molecule has 3 aromatic rings. The summed E-state index contributed by atoms with van der Waals surface area (Å²) in [5.74, 6) is -0.331. The van der Waals surface area contributed by atoms with Crippen LogP contribution in [0.4, 0.5) is 4.39 Å². The van der Waals surface area contributed by atoms with Crippen LogP contribution in [0.2, 0.25) is 5.02 Å². The molecule has 2 heterocycles. The van der Waals surface area contributed by atoms with Gasteiger partial charge in [0.1, 0.15) is 10.8 Å². The quantitative estimate of drug-likeness (QED) is 0.337. The molecule has 3 rings (SSSR count). The van der Waals surface area contributed by atoms with Crippen LogP contribution in [0, 0.1) is 5.82 Å². The van der Waals surface area contributed by atoms with E-state index in [-0.39, 0.29) is 22.8 Å². The van der Waals surface area contributed by atoms with Gasteiger partial charge >= 0.3 is 6.01 Å². The van der Waals surface area contributed by atoms with Crippen LogP contribution < -0.4 is 4.74 Å². The largest absolute Gasteiger partial charge is 0.423 e. The molecule has 0 bridgehead atoms. The predicted molar refractivity (Wildman–Crippen MR) is 115 cm³/mol. The van der Waals surface area contributed by atoms with Gasteiger partial charge in [-0.3, -0.25) is 0 Å². The van der Waals surface area contributed by atoms with E-state index in [0.29, 0.717) is 15.5 Å². The van der Waals surface area contributed by atoms with Crippen LogP contribution >= 0.6 is 59.4 Å². The Morgan fingerprint density at radius 3 is 2.04 bits per heavy atom. The lowest BCUT2D eigenvalue weighted by Gasteiger charge is -2.10. The van der Waals surface area contributed by atoms with Gasteiger partial charge in [0.2, 0.25) is 9.47 Å². The molecule has 0 spiro atoms. The molecule has 0 atom stereocenters. The summed E-state index contributed by atoms with van der Waals surface area (Å²) in [7, 11) is 0. The first-order chi connectivity index (χ1) is 13.1. The first kappa shape index (κ1) is 23.2. The first-order valence-corrected chi connectivity index (χ1v) is 10.9. The number of hydrogen-bond donors (Lipinski definition) is 0. The molecule has 7 nitrogen and oxygen atoms in total. The van der Waals surface area contributed by atoms with Crippen molar-refractivity contribution in [1.29, 1.82) is 0 Å². The van der Waals surface area contributed by atoms with E-state index in [0.717, 1.165) is 4.73 Å². The zero-order chi connectivity index (χ0) is 21.0. The maximum atomic E-state index is 13.3. The third-order valence-electron chi connectivity index (χ3n) is 3.23. The molecule has 152 valence electrons. The van der Waals surface area contributed by atoms with Crippen LogP contribution in [0.5, 0.6) is 11.8 Å². The second kappa shape index (κ2) is 10.1. The van der Waals surface area contributed by atoms with E-state index < -0.39 is 5.82 Å². The van der Waals surface area contributed by atoms with Crippen LogP contribution in [0.15, 0.2) is 32.4 Å². The lowest BCUT2D eigenvalue weighted by Crippen LogP contribution is -2.05. The van der Waals surface area contributed by atoms with Gasteiger partial charge < -0.3 is 4.74 Å². The standard InChI is InChI=1S/C11H10BrClFN3O.C5H7Br2N3/c1-6(2)17-11(15-10(12)16-17)18-8-5-3-4-7(14)9(8)13;1-3(2)10-5(7)8-4(6)9-10/h3-6H,1-2H3;3H,1-2H3. The van der Waals surface area contributed by atoms with E-state index in [9.17, 15) is 4.39 Å². The fourth-order valence-corrected chi connectivity index (χ4v) is 3.68. The van der Waals surface area contributed by atoms with E-state index >= 15 is 0 Å². The fraction of sp³-hybridized carbons (Fsp3) is 0.375. The van der Waals surface area contributed by atoms with E-state index in [1.165, 1.54) is 12.1 Å². The normalized spacial score (nSPS) is 11.0. The lowest BCUT2D eigenvalue weighted by atomic mass is 10.3. The van der Waals surface area contributed by atoms with Gasteiger partial charge in [0.05, 0.1) is 6.04 Å². The second-order valence-corrected chi connectivity index (χ2v) is 8.55. The van der Waals surface area contributed by atoms with Gasteiger partial charge in [0.15, 0.2) is 10.5 Å². The smallest absolute Gasteiger partial charge is 0.321 e. The molecule has 12 heteroatoms. The van der Waals surface area contributed by atoms with Crippen LogP contribution in [-0.4, -0.2) is 29.5 Å². The average molecular weight is 604 g/mol. The van der Waals surface area contributed by atoms with Gasteiger partial charge in [-0.2, -0.15) is 9.97 Å². The highest BCUT2D eigenvalue weighted by Gasteiger charge is 2.16. The van der Waals surface area contributed by atoms with Gasteiger partial charge in [-0.25, -0.2) is 13.8 Å². The minimum absolute atomic E-state index is 0.0612. The molecule has 0 aliphatic heterocycles.